The molecule has 0 unspecified atom stereocenters. The number of amides is 1. The fraction of sp³-hybridized carbons (Fsp3) is 0.692. The van der Waals surface area contributed by atoms with Crippen molar-refractivity contribution >= 4 is 11.6 Å². The lowest BCUT2D eigenvalue weighted by Crippen LogP contribution is -2.38. The van der Waals surface area contributed by atoms with Gasteiger partial charge in [-0.1, -0.05) is 19.3 Å². The van der Waals surface area contributed by atoms with Crippen molar-refractivity contribution in [2.24, 2.45) is 0 Å². The number of nitrogens with zero attached hydrogens (tertiary/aromatic N) is 3. The molecule has 0 atom stereocenters. The zero-order valence-corrected chi connectivity index (χ0v) is 12.2. The van der Waals surface area contributed by atoms with Crippen LogP contribution in [0.2, 0.25) is 0 Å². The lowest BCUT2D eigenvalue weighted by Gasteiger charge is -2.22. The van der Waals surface area contributed by atoms with Crippen molar-refractivity contribution in [3.63, 3.8) is 0 Å². The van der Waals surface area contributed by atoms with Crippen molar-refractivity contribution in [2.75, 3.05) is 0 Å². The van der Waals surface area contributed by atoms with E-state index in [9.17, 15) is 23.7 Å². The zero-order chi connectivity index (χ0) is 16.3. The Morgan fingerprint density at radius 1 is 1.45 bits per heavy atom. The van der Waals surface area contributed by atoms with Gasteiger partial charge in [0.15, 0.2) is 0 Å². The molecule has 1 saturated carbocycles. The Hall–Kier alpha value is -2.06. The Bertz CT molecular complexity index is 568. The molecule has 1 aromatic heterocycles. The topological polar surface area (TPSA) is 90.1 Å². The van der Waals surface area contributed by atoms with Gasteiger partial charge < -0.3 is 5.32 Å². The molecule has 0 aromatic carbocycles. The van der Waals surface area contributed by atoms with E-state index in [0.717, 1.165) is 36.8 Å². The Labute approximate surface area is 125 Å². The summed E-state index contributed by atoms with van der Waals surface area (Å²) in [5, 5.41) is 17.2. The molecule has 7 nitrogen and oxygen atoms in total. The first-order valence-corrected chi connectivity index (χ1v) is 7.19. The van der Waals surface area contributed by atoms with E-state index < -0.39 is 22.7 Å². The molecule has 0 saturated heterocycles. The fourth-order valence-corrected chi connectivity index (χ4v) is 2.74. The van der Waals surface area contributed by atoms with Gasteiger partial charge >= 0.3 is 5.69 Å². The molecule has 0 radical (unpaired) electrons. The Kier molecular flexibility index (Phi) is 5.04. The van der Waals surface area contributed by atoms with E-state index in [-0.39, 0.29) is 24.2 Å². The standard InChI is InChI=1S/C13H18F2N4O3/c1-8-12(19(21)22)11(13(14)15)17-18(8)7-10(20)16-9-5-3-2-4-6-9/h9,13H,2-7H2,1H3,(H,16,20). The third-order valence-corrected chi connectivity index (χ3v) is 3.85. The smallest absolute Gasteiger partial charge is 0.319 e. The van der Waals surface area contributed by atoms with Crippen LogP contribution in [0.15, 0.2) is 0 Å². The molecule has 1 aliphatic carbocycles. The number of rotatable bonds is 5. The van der Waals surface area contributed by atoms with E-state index in [1.54, 1.807) is 0 Å². The number of hydrogen-bond acceptors (Lipinski definition) is 4. The number of carbonyl (C=O) groups is 1. The van der Waals surface area contributed by atoms with Gasteiger partial charge in [0.25, 0.3) is 6.43 Å². The van der Waals surface area contributed by atoms with Crippen molar-refractivity contribution in [3.8, 4) is 0 Å². The van der Waals surface area contributed by atoms with Crippen molar-refractivity contribution in [1.82, 2.24) is 15.1 Å². The molecule has 2 rings (SSSR count). The van der Waals surface area contributed by atoms with Crippen LogP contribution >= 0.6 is 0 Å². The Morgan fingerprint density at radius 2 is 2.09 bits per heavy atom. The molecule has 0 bridgehead atoms. The highest BCUT2D eigenvalue weighted by Gasteiger charge is 2.31. The van der Waals surface area contributed by atoms with Crippen LogP contribution in [0, 0.1) is 17.0 Å². The molecule has 1 aromatic rings. The van der Waals surface area contributed by atoms with E-state index >= 15 is 0 Å². The van der Waals surface area contributed by atoms with Gasteiger partial charge in [-0.2, -0.15) is 5.10 Å². The van der Waals surface area contributed by atoms with Crippen molar-refractivity contribution in [2.45, 2.75) is 58.0 Å². The molecular weight excluding hydrogens is 298 g/mol. The third-order valence-electron chi connectivity index (χ3n) is 3.85. The average Bonchev–Trinajstić information content (AvgIpc) is 2.77. The molecule has 1 aliphatic rings. The second-order valence-electron chi connectivity index (χ2n) is 5.44. The second kappa shape index (κ2) is 6.80. The Balaban J connectivity index is 2.10. The Morgan fingerprint density at radius 3 is 2.59 bits per heavy atom. The number of alkyl halides is 2. The van der Waals surface area contributed by atoms with Gasteiger partial charge in [0.2, 0.25) is 11.6 Å². The number of nitro groups is 1. The predicted molar refractivity (Wildman–Crippen MR) is 73.6 cm³/mol. The van der Waals surface area contributed by atoms with Gasteiger partial charge in [-0.15, -0.1) is 0 Å². The summed E-state index contributed by atoms with van der Waals surface area (Å²) < 4.78 is 26.6. The molecule has 0 spiro atoms. The first-order chi connectivity index (χ1) is 10.4. The first kappa shape index (κ1) is 16.3. The summed E-state index contributed by atoms with van der Waals surface area (Å²) in [6.45, 7) is 1.01. The van der Waals surface area contributed by atoms with Crippen LogP contribution in [-0.4, -0.2) is 26.7 Å². The minimum Gasteiger partial charge on any atom is -0.352 e. The van der Waals surface area contributed by atoms with Gasteiger partial charge in [-0.25, -0.2) is 8.78 Å². The molecule has 0 aliphatic heterocycles. The summed E-state index contributed by atoms with van der Waals surface area (Å²) in [5.74, 6) is -0.367. The maximum absolute atomic E-state index is 12.8. The van der Waals surface area contributed by atoms with Gasteiger partial charge in [-0.05, 0) is 19.8 Å². The fourth-order valence-electron chi connectivity index (χ4n) is 2.74. The van der Waals surface area contributed by atoms with E-state index in [4.69, 9.17) is 0 Å². The van der Waals surface area contributed by atoms with Crippen LogP contribution in [0.1, 0.15) is 49.9 Å². The van der Waals surface area contributed by atoms with Gasteiger partial charge in [0.05, 0.1) is 4.92 Å². The molecule has 1 amide bonds. The summed E-state index contributed by atoms with van der Waals surface area (Å²) in [4.78, 5) is 22.0. The van der Waals surface area contributed by atoms with Crippen LogP contribution in [0.3, 0.4) is 0 Å². The summed E-state index contributed by atoms with van der Waals surface area (Å²) in [6, 6.07) is 0.0849. The number of halogens is 2. The second-order valence-corrected chi connectivity index (χ2v) is 5.44. The monoisotopic (exact) mass is 316 g/mol. The quantitative estimate of drug-likeness (QED) is 0.667. The summed E-state index contributed by atoms with van der Waals surface area (Å²) in [5.41, 5.74) is -1.66. The zero-order valence-electron chi connectivity index (χ0n) is 12.2. The SMILES string of the molecule is Cc1c([N+](=O)[O-])c(C(F)F)nn1CC(=O)NC1CCCCC1. The van der Waals surface area contributed by atoms with Crippen molar-refractivity contribution in [3.05, 3.63) is 21.5 Å². The minimum absolute atomic E-state index is 0.0425. The average molecular weight is 316 g/mol. The predicted octanol–water partition coefficient (Wildman–Crippen LogP) is 2.49. The van der Waals surface area contributed by atoms with Crippen molar-refractivity contribution in [1.29, 1.82) is 0 Å². The normalized spacial score (nSPS) is 16.0. The van der Waals surface area contributed by atoms with E-state index in [1.807, 2.05) is 0 Å². The summed E-state index contributed by atoms with van der Waals surface area (Å²) in [7, 11) is 0. The van der Waals surface area contributed by atoms with Crippen LogP contribution in [0.25, 0.3) is 0 Å². The van der Waals surface area contributed by atoms with E-state index in [2.05, 4.69) is 10.4 Å². The van der Waals surface area contributed by atoms with Crippen LogP contribution in [-0.2, 0) is 11.3 Å². The van der Waals surface area contributed by atoms with Crippen molar-refractivity contribution < 1.29 is 18.5 Å². The number of carbonyl (C=O) groups excluding carboxylic acids is 1. The van der Waals surface area contributed by atoms with Crippen LogP contribution in [0.5, 0.6) is 0 Å². The highest BCUT2D eigenvalue weighted by Crippen LogP contribution is 2.30. The van der Waals surface area contributed by atoms with Gasteiger partial charge in [0.1, 0.15) is 12.2 Å². The van der Waals surface area contributed by atoms with Gasteiger partial charge in [0, 0.05) is 6.04 Å². The first-order valence-electron chi connectivity index (χ1n) is 7.19. The lowest BCUT2D eigenvalue weighted by atomic mass is 9.95. The highest BCUT2D eigenvalue weighted by molar-refractivity contribution is 5.76. The maximum atomic E-state index is 12.8. The molecule has 1 N–H and O–H groups in total. The van der Waals surface area contributed by atoms with E-state index in [0.29, 0.717) is 0 Å². The molecule has 1 heterocycles. The lowest BCUT2D eigenvalue weighted by molar-refractivity contribution is -0.386. The minimum atomic E-state index is -3.05. The van der Waals surface area contributed by atoms with Crippen LogP contribution < -0.4 is 5.32 Å². The molecular formula is C13H18F2N4O3. The number of hydrogen-bond donors (Lipinski definition) is 1. The van der Waals surface area contributed by atoms with Gasteiger partial charge in [-0.3, -0.25) is 19.6 Å². The highest BCUT2D eigenvalue weighted by atomic mass is 19.3. The molecule has 22 heavy (non-hydrogen) atoms. The summed E-state index contributed by atoms with van der Waals surface area (Å²) in [6.07, 6.45) is 1.98. The van der Waals surface area contributed by atoms with E-state index in [1.165, 1.54) is 6.92 Å². The molecule has 9 heteroatoms. The maximum Gasteiger partial charge on any atom is 0.319 e. The van der Waals surface area contributed by atoms with Crippen LogP contribution in [0.4, 0.5) is 14.5 Å². The molecule has 1 fully saturated rings. The summed E-state index contributed by atoms with van der Waals surface area (Å²) >= 11 is 0. The number of aromatic nitrogens is 2. The largest absolute Gasteiger partial charge is 0.352 e. The third kappa shape index (κ3) is 3.58. The number of nitrogens with one attached hydrogen (secondary N) is 1. The molecule has 122 valence electrons.